The van der Waals surface area contributed by atoms with Gasteiger partial charge in [-0.05, 0) is 70.7 Å². The van der Waals surface area contributed by atoms with Crippen molar-refractivity contribution in [1.82, 2.24) is 5.32 Å². The molecule has 1 heterocycles. The fourth-order valence-electron chi connectivity index (χ4n) is 3.24. The lowest BCUT2D eigenvalue weighted by Gasteiger charge is -2.26. The van der Waals surface area contributed by atoms with Gasteiger partial charge in [-0.3, -0.25) is 14.9 Å². The molecule has 1 aliphatic heterocycles. The number of esters is 1. The molecular formula is C24H23BrN2O7. The molecule has 178 valence electrons. The van der Waals surface area contributed by atoms with Gasteiger partial charge in [0.1, 0.15) is 5.57 Å². The maximum Gasteiger partial charge on any atom is 0.344 e. The van der Waals surface area contributed by atoms with Crippen molar-refractivity contribution in [2.24, 2.45) is 0 Å². The Morgan fingerprint density at radius 2 is 1.82 bits per heavy atom. The number of nitrogens with zero attached hydrogens (tertiary/aromatic N) is 1. The van der Waals surface area contributed by atoms with Crippen molar-refractivity contribution >= 4 is 51.5 Å². The number of ether oxygens (including phenoxy) is 3. The van der Waals surface area contributed by atoms with E-state index in [1.165, 1.54) is 19.3 Å². The molecule has 0 radical (unpaired) electrons. The Labute approximate surface area is 204 Å². The van der Waals surface area contributed by atoms with Crippen LogP contribution >= 0.6 is 15.9 Å². The molecule has 2 aromatic rings. The van der Waals surface area contributed by atoms with Crippen LogP contribution in [-0.2, 0) is 25.5 Å². The molecule has 1 saturated heterocycles. The van der Waals surface area contributed by atoms with Gasteiger partial charge in [0.05, 0.1) is 23.9 Å². The lowest BCUT2D eigenvalue weighted by molar-refractivity contribution is -0.145. The van der Waals surface area contributed by atoms with E-state index in [0.717, 1.165) is 16.9 Å². The SMILES string of the molecule is CCOC(=O)COc1c(Br)cc(/C=C2/C(=O)NC(=O)N(c3ccc(CC)cc3)C2=O)cc1OC. The normalized spacial score (nSPS) is 14.8. The topological polar surface area (TPSA) is 111 Å². The molecule has 0 spiro atoms. The Bertz CT molecular complexity index is 1160. The van der Waals surface area contributed by atoms with E-state index in [-0.39, 0.29) is 30.3 Å². The Hall–Kier alpha value is -3.66. The Morgan fingerprint density at radius 3 is 2.44 bits per heavy atom. The summed E-state index contributed by atoms with van der Waals surface area (Å²) in [4.78, 5) is 50.5. The second-order valence-electron chi connectivity index (χ2n) is 7.11. The Kier molecular flexibility index (Phi) is 8.06. The molecule has 9 nitrogen and oxygen atoms in total. The van der Waals surface area contributed by atoms with Crippen molar-refractivity contribution in [2.75, 3.05) is 25.2 Å². The summed E-state index contributed by atoms with van der Waals surface area (Å²) in [7, 11) is 1.41. The Morgan fingerprint density at radius 1 is 1.12 bits per heavy atom. The van der Waals surface area contributed by atoms with Gasteiger partial charge in [-0.15, -0.1) is 0 Å². The van der Waals surface area contributed by atoms with Crippen LogP contribution in [0.4, 0.5) is 10.5 Å². The fraction of sp³-hybridized carbons (Fsp3) is 0.250. The maximum absolute atomic E-state index is 13.1. The first-order chi connectivity index (χ1) is 16.3. The number of rotatable bonds is 8. The first kappa shape index (κ1) is 25.0. The third-order valence-electron chi connectivity index (χ3n) is 4.91. The summed E-state index contributed by atoms with van der Waals surface area (Å²) >= 11 is 3.36. The number of barbiturate groups is 1. The van der Waals surface area contributed by atoms with Crippen LogP contribution in [0.3, 0.4) is 0 Å². The average Bonchev–Trinajstić information content (AvgIpc) is 2.81. The minimum Gasteiger partial charge on any atom is -0.493 e. The van der Waals surface area contributed by atoms with E-state index >= 15 is 0 Å². The second-order valence-corrected chi connectivity index (χ2v) is 7.96. The van der Waals surface area contributed by atoms with E-state index < -0.39 is 23.8 Å². The molecule has 0 bridgehead atoms. The number of hydrogen-bond acceptors (Lipinski definition) is 7. The first-order valence-corrected chi connectivity index (χ1v) is 11.2. The number of urea groups is 1. The highest BCUT2D eigenvalue weighted by Gasteiger charge is 2.36. The number of methoxy groups -OCH3 is 1. The van der Waals surface area contributed by atoms with Gasteiger partial charge in [0.15, 0.2) is 18.1 Å². The van der Waals surface area contributed by atoms with E-state index in [4.69, 9.17) is 14.2 Å². The van der Waals surface area contributed by atoms with Crippen LogP contribution in [-0.4, -0.2) is 44.1 Å². The monoisotopic (exact) mass is 530 g/mol. The van der Waals surface area contributed by atoms with Crippen molar-refractivity contribution in [1.29, 1.82) is 0 Å². The minimum absolute atomic E-state index is 0.228. The van der Waals surface area contributed by atoms with Gasteiger partial charge >= 0.3 is 12.0 Å². The Balaban J connectivity index is 1.92. The smallest absolute Gasteiger partial charge is 0.344 e. The highest BCUT2D eigenvalue weighted by Crippen LogP contribution is 2.37. The highest BCUT2D eigenvalue weighted by molar-refractivity contribution is 9.10. The summed E-state index contributed by atoms with van der Waals surface area (Å²) < 4.78 is 16.1. The number of carbonyl (C=O) groups excluding carboxylic acids is 4. The molecule has 1 aliphatic rings. The molecule has 1 N–H and O–H groups in total. The zero-order valence-corrected chi connectivity index (χ0v) is 20.4. The van der Waals surface area contributed by atoms with Gasteiger partial charge in [0.2, 0.25) is 0 Å². The lowest BCUT2D eigenvalue weighted by Crippen LogP contribution is -2.54. The molecule has 0 aromatic heterocycles. The molecule has 0 atom stereocenters. The van der Waals surface area contributed by atoms with Crippen molar-refractivity contribution in [3.8, 4) is 11.5 Å². The van der Waals surface area contributed by atoms with Crippen molar-refractivity contribution in [3.63, 3.8) is 0 Å². The van der Waals surface area contributed by atoms with Gasteiger partial charge < -0.3 is 14.2 Å². The number of anilines is 1. The standard InChI is InChI=1S/C24H23BrN2O7/c1-4-14-6-8-16(9-7-14)27-23(30)17(22(29)26-24(27)31)10-15-11-18(25)21(19(12-15)32-3)34-13-20(28)33-5-2/h6-12H,4-5,13H2,1-3H3,(H,26,29,31)/b17-10-. The fourth-order valence-corrected chi connectivity index (χ4v) is 3.81. The molecule has 0 unspecified atom stereocenters. The molecule has 1 fully saturated rings. The summed E-state index contributed by atoms with van der Waals surface area (Å²) in [6.07, 6.45) is 2.15. The zero-order valence-electron chi connectivity index (χ0n) is 18.8. The van der Waals surface area contributed by atoms with Crippen LogP contribution in [0.5, 0.6) is 11.5 Å². The molecular weight excluding hydrogens is 508 g/mol. The van der Waals surface area contributed by atoms with Crippen molar-refractivity contribution in [2.45, 2.75) is 20.3 Å². The lowest BCUT2D eigenvalue weighted by atomic mass is 10.1. The van der Waals surface area contributed by atoms with Gasteiger partial charge in [0, 0.05) is 0 Å². The van der Waals surface area contributed by atoms with E-state index in [9.17, 15) is 19.2 Å². The van der Waals surface area contributed by atoms with E-state index in [2.05, 4.69) is 21.2 Å². The summed E-state index contributed by atoms with van der Waals surface area (Å²) in [5.41, 5.74) is 1.59. The largest absolute Gasteiger partial charge is 0.493 e. The number of carbonyl (C=O) groups is 4. The van der Waals surface area contributed by atoms with E-state index in [1.807, 2.05) is 19.1 Å². The number of nitrogens with one attached hydrogen (secondary N) is 1. The van der Waals surface area contributed by atoms with E-state index in [0.29, 0.717) is 15.7 Å². The first-order valence-electron chi connectivity index (χ1n) is 10.4. The predicted molar refractivity (Wildman–Crippen MR) is 128 cm³/mol. The summed E-state index contributed by atoms with van der Waals surface area (Å²) in [5.74, 6) is -1.59. The number of halogens is 1. The number of imide groups is 2. The summed E-state index contributed by atoms with van der Waals surface area (Å²) in [6.45, 7) is 3.59. The molecule has 0 aliphatic carbocycles. The summed E-state index contributed by atoms with van der Waals surface area (Å²) in [6, 6.07) is 9.23. The van der Waals surface area contributed by atoms with E-state index in [1.54, 1.807) is 25.1 Å². The molecule has 4 amide bonds. The molecule has 0 saturated carbocycles. The number of benzene rings is 2. The minimum atomic E-state index is -0.821. The molecule has 3 rings (SSSR count). The van der Waals surface area contributed by atoms with Crippen molar-refractivity contribution in [3.05, 3.63) is 57.6 Å². The average molecular weight is 531 g/mol. The molecule has 34 heavy (non-hydrogen) atoms. The molecule has 2 aromatic carbocycles. The van der Waals surface area contributed by atoms with Gasteiger partial charge in [-0.2, -0.15) is 0 Å². The highest BCUT2D eigenvalue weighted by atomic mass is 79.9. The molecule has 10 heteroatoms. The van der Waals surface area contributed by atoms with Gasteiger partial charge in [-0.25, -0.2) is 14.5 Å². The van der Waals surface area contributed by atoms with Crippen LogP contribution < -0.4 is 19.7 Å². The van der Waals surface area contributed by atoms with Crippen LogP contribution in [0.2, 0.25) is 0 Å². The van der Waals surface area contributed by atoms with Gasteiger partial charge in [-0.1, -0.05) is 19.1 Å². The van der Waals surface area contributed by atoms with Crippen LogP contribution in [0.1, 0.15) is 25.0 Å². The quantitative estimate of drug-likeness (QED) is 0.315. The van der Waals surface area contributed by atoms with Crippen LogP contribution in [0.25, 0.3) is 6.08 Å². The summed E-state index contributed by atoms with van der Waals surface area (Å²) in [5, 5.41) is 2.20. The van der Waals surface area contributed by atoms with Gasteiger partial charge in [0.25, 0.3) is 11.8 Å². The van der Waals surface area contributed by atoms with Crippen LogP contribution in [0, 0.1) is 0 Å². The predicted octanol–water partition coefficient (Wildman–Crippen LogP) is 3.63. The van der Waals surface area contributed by atoms with Crippen molar-refractivity contribution < 1.29 is 33.4 Å². The third kappa shape index (κ3) is 5.45. The third-order valence-corrected chi connectivity index (χ3v) is 5.50. The zero-order chi connectivity index (χ0) is 24.8. The number of aryl methyl sites for hydroxylation is 1. The maximum atomic E-state index is 13.1. The van der Waals surface area contributed by atoms with Crippen LogP contribution in [0.15, 0.2) is 46.4 Å². The number of hydrogen-bond donors (Lipinski definition) is 1. The number of amides is 4. The second kappa shape index (κ2) is 11.0.